The van der Waals surface area contributed by atoms with Crippen LogP contribution in [0.1, 0.15) is 24.8 Å². The standard InChI is InChI=1S/C17H24N2O4/c1-9-14(20)16(22)15(21)13(19-9)8-18-17(23)12-7-11(12)10-5-3-2-4-6-10/h2-6,9,11-16,19-22H,7-8H2,1H3,(H,18,23)/t9-,11?,12?,13+,14+,15+,16+/m0/s1. The Bertz CT molecular complexity index is 553. The molecule has 1 aromatic rings. The number of benzene rings is 1. The highest BCUT2D eigenvalue weighted by Crippen LogP contribution is 2.47. The van der Waals surface area contributed by atoms with Crippen molar-refractivity contribution in [2.75, 3.05) is 6.54 Å². The van der Waals surface area contributed by atoms with Crippen molar-refractivity contribution < 1.29 is 20.1 Å². The van der Waals surface area contributed by atoms with E-state index in [1.54, 1.807) is 6.92 Å². The first-order chi connectivity index (χ1) is 11.0. The largest absolute Gasteiger partial charge is 0.389 e. The van der Waals surface area contributed by atoms with Gasteiger partial charge in [0.1, 0.15) is 6.10 Å². The minimum Gasteiger partial charge on any atom is -0.389 e. The molecule has 1 aromatic carbocycles. The van der Waals surface area contributed by atoms with Crippen LogP contribution in [-0.4, -0.2) is 58.2 Å². The van der Waals surface area contributed by atoms with Crippen molar-refractivity contribution in [3.63, 3.8) is 0 Å². The molecule has 1 heterocycles. The Morgan fingerprint density at radius 3 is 2.57 bits per heavy atom. The molecule has 2 fully saturated rings. The molecule has 2 unspecified atom stereocenters. The number of hydrogen-bond donors (Lipinski definition) is 5. The molecule has 0 aromatic heterocycles. The lowest BCUT2D eigenvalue weighted by Crippen LogP contribution is -2.66. The van der Waals surface area contributed by atoms with Gasteiger partial charge in [0.15, 0.2) is 0 Å². The third kappa shape index (κ3) is 3.40. The van der Waals surface area contributed by atoms with Gasteiger partial charge in [0, 0.05) is 18.5 Å². The van der Waals surface area contributed by atoms with Crippen LogP contribution < -0.4 is 10.6 Å². The first-order valence-electron chi connectivity index (χ1n) is 8.12. The molecule has 5 N–H and O–H groups in total. The topological polar surface area (TPSA) is 102 Å². The van der Waals surface area contributed by atoms with Crippen molar-refractivity contribution in [3.05, 3.63) is 35.9 Å². The van der Waals surface area contributed by atoms with Gasteiger partial charge in [-0.15, -0.1) is 0 Å². The van der Waals surface area contributed by atoms with Crippen molar-refractivity contribution in [1.82, 2.24) is 10.6 Å². The lowest BCUT2D eigenvalue weighted by molar-refractivity contribution is -0.125. The predicted octanol–water partition coefficient (Wildman–Crippen LogP) is -0.651. The molecule has 1 aliphatic carbocycles. The summed E-state index contributed by atoms with van der Waals surface area (Å²) in [5.41, 5.74) is 1.18. The summed E-state index contributed by atoms with van der Waals surface area (Å²) in [4.78, 5) is 12.2. The Morgan fingerprint density at radius 1 is 1.17 bits per heavy atom. The van der Waals surface area contributed by atoms with Crippen molar-refractivity contribution in [2.24, 2.45) is 5.92 Å². The van der Waals surface area contributed by atoms with E-state index in [9.17, 15) is 20.1 Å². The molecule has 0 bridgehead atoms. The van der Waals surface area contributed by atoms with Crippen LogP contribution in [0.15, 0.2) is 30.3 Å². The van der Waals surface area contributed by atoms with E-state index in [1.165, 1.54) is 5.56 Å². The second kappa shape index (κ2) is 6.57. The molecule has 1 amide bonds. The summed E-state index contributed by atoms with van der Waals surface area (Å²) < 4.78 is 0. The average molecular weight is 320 g/mol. The fourth-order valence-electron chi connectivity index (χ4n) is 3.35. The summed E-state index contributed by atoms with van der Waals surface area (Å²) in [5, 5.41) is 35.4. The van der Waals surface area contributed by atoms with E-state index in [2.05, 4.69) is 10.6 Å². The Kier molecular flexibility index (Phi) is 4.68. The van der Waals surface area contributed by atoms with Crippen molar-refractivity contribution in [2.45, 2.75) is 49.7 Å². The van der Waals surface area contributed by atoms with Crippen molar-refractivity contribution in [3.8, 4) is 0 Å². The maximum atomic E-state index is 12.2. The molecule has 1 saturated carbocycles. The summed E-state index contributed by atoms with van der Waals surface area (Å²) >= 11 is 0. The third-order valence-electron chi connectivity index (χ3n) is 4.95. The van der Waals surface area contributed by atoms with Gasteiger partial charge in [0.25, 0.3) is 0 Å². The number of carbonyl (C=O) groups excluding carboxylic acids is 1. The molecule has 1 saturated heterocycles. The fourth-order valence-corrected chi connectivity index (χ4v) is 3.35. The summed E-state index contributed by atoms with van der Waals surface area (Å²) in [5.74, 6) is 0.221. The third-order valence-corrected chi connectivity index (χ3v) is 4.95. The number of aliphatic hydroxyl groups excluding tert-OH is 3. The van der Waals surface area contributed by atoms with E-state index in [-0.39, 0.29) is 30.3 Å². The van der Waals surface area contributed by atoms with Crippen LogP contribution >= 0.6 is 0 Å². The predicted molar refractivity (Wildman–Crippen MR) is 84.7 cm³/mol. The number of amides is 1. The van der Waals surface area contributed by atoms with Crippen molar-refractivity contribution in [1.29, 1.82) is 0 Å². The molecular weight excluding hydrogens is 296 g/mol. The van der Waals surface area contributed by atoms with Crippen LogP contribution in [0.3, 0.4) is 0 Å². The van der Waals surface area contributed by atoms with Crippen LogP contribution in [0, 0.1) is 5.92 Å². The number of hydrogen-bond acceptors (Lipinski definition) is 5. The van der Waals surface area contributed by atoms with Gasteiger partial charge in [0.2, 0.25) is 5.91 Å². The molecular formula is C17H24N2O4. The zero-order valence-corrected chi connectivity index (χ0v) is 13.1. The average Bonchev–Trinajstić information content (AvgIpc) is 3.36. The molecule has 7 atom stereocenters. The molecule has 2 aliphatic rings. The Balaban J connectivity index is 1.50. The second-order valence-electron chi connectivity index (χ2n) is 6.64. The summed E-state index contributed by atoms with van der Waals surface area (Å²) in [6.45, 7) is 1.97. The van der Waals surface area contributed by atoms with Crippen LogP contribution in [-0.2, 0) is 4.79 Å². The maximum Gasteiger partial charge on any atom is 0.223 e. The Morgan fingerprint density at radius 2 is 1.87 bits per heavy atom. The summed E-state index contributed by atoms with van der Waals surface area (Å²) in [7, 11) is 0. The zero-order valence-electron chi connectivity index (χ0n) is 13.1. The van der Waals surface area contributed by atoms with Crippen LogP contribution in [0.4, 0.5) is 0 Å². The van der Waals surface area contributed by atoms with Gasteiger partial charge in [-0.1, -0.05) is 30.3 Å². The maximum absolute atomic E-state index is 12.2. The lowest BCUT2D eigenvalue weighted by Gasteiger charge is -2.40. The molecule has 126 valence electrons. The molecule has 0 spiro atoms. The Labute approximate surface area is 135 Å². The van der Waals surface area contributed by atoms with E-state index < -0.39 is 24.4 Å². The first kappa shape index (κ1) is 16.4. The minimum atomic E-state index is -1.20. The van der Waals surface area contributed by atoms with Gasteiger partial charge in [-0.25, -0.2) is 0 Å². The number of aliphatic hydroxyl groups is 3. The van der Waals surface area contributed by atoms with Gasteiger partial charge >= 0.3 is 0 Å². The molecule has 0 radical (unpaired) electrons. The summed E-state index contributed by atoms with van der Waals surface area (Å²) in [6, 6.07) is 9.15. The van der Waals surface area contributed by atoms with Gasteiger partial charge in [-0.2, -0.15) is 0 Å². The summed E-state index contributed by atoms with van der Waals surface area (Å²) in [6.07, 6.45) is -2.48. The van der Waals surface area contributed by atoms with Crippen molar-refractivity contribution >= 4 is 5.91 Å². The Hall–Kier alpha value is -1.47. The number of carbonyl (C=O) groups is 1. The van der Waals surface area contributed by atoms with E-state index in [0.29, 0.717) is 0 Å². The first-order valence-corrected chi connectivity index (χ1v) is 8.12. The highest BCUT2D eigenvalue weighted by molar-refractivity contribution is 5.82. The molecule has 6 nitrogen and oxygen atoms in total. The minimum absolute atomic E-state index is 0.0222. The smallest absolute Gasteiger partial charge is 0.223 e. The quantitative estimate of drug-likeness (QED) is 0.507. The van der Waals surface area contributed by atoms with E-state index in [0.717, 1.165) is 6.42 Å². The van der Waals surface area contributed by atoms with Gasteiger partial charge in [-0.3, -0.25) is 4.79 Å². The highest BCUT2D eigenvalue weighted by atomic mass is 16.4. The normalized spacial score (nSPS) is 39.7. The number of nitrogens with one attached hydrogen (secondary N) is 2. The van der Waals surface area contributed by atoms with Crippen LogP contribution in [0.2, 0.25) is 0 Å². The van der Waals surface area contributed by atoms with Crippen LogP contribution in [0.25, 0.3) is 0 Å². The monoisotopic (exact) mass is 320 g/mol. The lowest BCUT2D eigenvalue weighted by atomic mass is 9.91. The second-order valence-corrected chi connectivity index (χ2v) is 6.64. The van der Waals surface area contributed by atoms with E-state index in [1.807, 2.05) is 30.3 Å². The molecule has 23 heavy (non-hydrogen) atoms. The molecule has 6 heteroatoms. The highest BCUT2D eigenvalue weighted by Gasteiger charge is 2.45. The zero-order chi connectivity index (χ0) is 16.6. The fraction of sp³-hybridized carbons (Fsp3) is 0.588. The van der Waals surface area contributed by atoms with E-state index >= 15 is 0 Å². The van der Waals surface area contributed by atoms with Gasteiger partial charge < -0.3 is 26.0 Å². The SMILES string of the molecule is C[C@@H]1N[C@H](CNC(=O)C2CC2c2ccccc2)[C@@H](O)[C@H](O)[C@@H]1O. The number of piperidine rings is 1. The molecule has 3 rings (SSSR count). The van der Waals surface area contributed by atoms with Gasteiger partial charge in [-0.05, 0) is 24.8 Å². The van der Waals surface area contributed by atoms with Gasteiger partial charge in [0.05, 0.1) is 18.2 Å². The molecule has 1 aliphatic heterocycles. The van der Waals surface area contributed by atoms with Crippen LogP contribution in [0.5, 0.6) is 0 Å². The number of rotatable bonds is 4. The van der Waals surface area contributed by atoms with E-state index in [4.69, 9.17) is 0 Å².